The molecule has 0 spiro atoms. The smallest absolute Gasteiger partial charge is 0.254 e. The maximum Gasteiger partial charge on any atom is 0.254 e. The van der Waals surface area contributed by atoms with Crippen molar-refractivity contribution < 1.29 is 14.3 Å². The van der Waals surface area contributed by atoms with Gasteiger partial charge in [0.05, 0.1) is 24.0 Å². The highest BCUT2D eigenvalue weighted by Crippen LogP contribution is 2.21. The van der Waals surface area contributed by atoms with E-state index in [2.05, 4.69) is 4.98 Å². The number of benzene rings is 1. The van der Waals surface area contributed by atoms with E-state index in [0.29, 0.717) is 31.8 Å². The maximum absolute atomic E-state index is 13.2. The van der Waals surface area contributed by atoms with Gasteiger partial charge < -0.3 is 19.1 Å². The number of rotatable bonds is 5. The van der Waals surface area contributed by atoms with Crippen LogP contribution in [0.1, 0.15) is 30.1 Å². The first kappa shape index (κ1) is 18.4. The normalized spacial score (nSPS) is 15.4. The third-order valence-corrected chi connectivity index (χ3v) is 5.12. The molecule has 0 atom stereocenters. The van der Waals surface area contributed by atoms with E-state index in [1.165, 1.54) is 0 Å². The molecule has 1 aromatic heterocycles. The van der Waals surface area contributed by atoms with Crippen LogP contribution < -0.4 is 0 Å². The van der Waals surface area contributed by atoms with Gasteiger partial charge in [-0.1, -0.05) is 0 Å². The summed E-state index contributed by atoms with van der Waals surface area (Å²) < 4.78 is 7.14. The number of nitrogens with zero attached hydrogens (tertiary/aromatic N) is 4. The standard InChI is InChI=1S/C19H26N4O3/c1-14(24)22-8-6-16(7-9-22)23(10-11-26-3)19(25)15-4-5-18-17(12-15)20-13-21(18)2/h4-5,12-13,16H,6-11H2,1-3H3. The number of fused-ring (bicyclic) bond motifs is 1. The molecule has 140 valence electrons. The van der Waals surface area contributed by atoms with Gasteiger partial charge in [0.25, 0.3) is 5.91 Å². The molecule has 7 heteroatoms. The number of amides is 2. The van der Waals surface area contributed by atoms with Crippen molar-refractivity contribution in [2.24, 2.45) is 7.05 Å². The van der Waals surface area contributed by atoms with Crippen LogP contribution in [-0.2, 0) is 16.6 Å². The van der Waals surface area contributed by atoms with Crippen LogP contribution in [0, 0.1) is 0 Å². The second kappa shape index (κ2) is 7.86. The van der Waals surface area contributed by atoms with Crippen LogP contribution in [0.2, 0.25) is 0 Å². The summed E-state index contributed by atoms with van der Waals surface area (Å²) >= 11 is 0. The number of aromatic nitrogens is 2. The zero-order valence-electron chi connectivity index (χ0n) is 15.6. The number of carbonyl (C=O) groups excluding carboxylic acids is 2. The molecule has 0 bridgehead atoms. The molecule has 1 saturated heterocycles. The summed E-state index contributed by atoms with van der Waals surface area (Å²) in [7, 11) is 3.57. The molecule has 0 saturated carbocycles. The lowest BCUT2D eigenvalue weighted by Gasteiger charge is -2.38. The number of ether oxygens (including phenoxy) is 1. The van der Waals surface area contributed by atoms with Gasteiger partial charge >= 0.3 is 0 Å². The van der Waals surface area contributed by atoms with Gasteiger partial charge in [-0.05, 0) is 31.0 Å². The lowest BCUT2D eigenvalue weighted by molar-refractivity contribution is -0.130. The summed E-state index contributed by atoms with van der Waals surface area (Å²) in [6, 6.07) is 5.76. The number of methoxy groups -OCH3 is 1. The predicted molar refractivity (Wildman–Crippen MR) is 98.9 cm³/mol. The van der Waals surface area contributed by atoms with Crippen molar-refractivity contribution in [1.82, 2.24) is 19.4 Å². The SMILES string of the molecule is COCCN(C(=O)c1ccc2c(c1)ncn2C)C1CCN(C(C)=O)CC1. The van der Waals surface area contributed by atoms with Gasteiger partial charge in [0.2, 0.25) is 5.91 Å². The quantitative estimate of drug-likeness (QED) is 0.815. The molecule has 3 rings (SSSR count). The number of imidazole rings is 1. The summed E-state index contributed by atoms with van der Waals surface area (Å²) in [6.07, 6.45) is 3.33. The monoisotopic (exact) mass is 358 g/mol. The molecular weight excluding hydrogens is 332 g/mol. The number of aryl methyl sites for hydroxylation is 1. The number of hydrogen-bond donors (Lipinski definition) is 0. The Bertz CT molecular complexity index is 793. The van der Waals surface area contributed by atoms with Crippen LogP contribution in [-0.4, -0.2) is 70.6 Å². The van der Waals surface area contributed by atoms with E-state index in [1.54, 1.807) is 20.4 Å². The van der Waals surface area contributed by atoms with E-state index in [9.17, 15) is 9.59 Å². The molecule has 1 aliphatic rings. The molecule has 0 unspecified atom stereocenters. The molecule has 1 aromatic carbocycles. The number of piperidine rings is 1. The Balaban J connectivity index is 1.79. The molecule has 2 amide bonds. The van der Waals surface area contributed by atoms with Gasteiger partial charge in [0.15, 0.2) is 0 Å². The van der Waals surface area contributed by atoms with Crippen molar-refractivity contribution in [3.05, 3.63) is 30.1 Å². The van der Waals surface area contributed by atoms with E-state index in [1.807, 2.05) is 39.6 Å². The van der Waals surface area contributed by atoms with Gasteiger partial charge in [-0.3, -0.25) is 9.59 Å². The van der Waals surface area contributed by atoms with Crippen LogP contribution >= 0.6 is 0 Å². The van der Waals surface area contributed by atoms with Crippen LogP contribution in [0.5, 0.6) is 0 Å². The van der Waals surface area contributed by atoms with Gasteiger partial charge in [-0.2, -0.15) is 0 Å². The van der Waals surface area contributed by atoms with Crippen molar-refractivity contribution in [1.29, 1.82) is 0 Å². The van der Waals surface area contributed by atoms with E-state index >= 15 is 0 Å². The maximum atomic E-state index is 13.2. The minimum Gasteiger partial charge on any atom is -0.383 e. The van der Waals surface area contributed by atoms with Crippen molar-refractivity contribution in [2.75, 3.05) is 33.4 Å². The summed E-state index contributed by atoms with van der Waals surface area (Å²) in [5.41, 5.74) is 2.46. The Morgan fingerprint density at radius 2 is 2.04 bits per heavy atom. The molecule has 26 heavy (non-hydrogen) atoms. The molecular formula is C19H26N4O3. The van der Waals surface area contributed by atoms with Crippen LogP contribution in [0.25, 0.3) is 11.0 Å². The summed E-state index contributed by atoms with van der Waals surface area (Å²) in [5.74, 6) is 0.0923. The summed E-state index contributed by atoms with van der Waals surface area (Å²) in [5, 5.41) is 0. The fourth-order valence-corrected chi connectivity index (χ4v) is 3.57. The molecule has 1 fully saturated rings. The van der Waals surface area contributed by atoms with Gasteiger partial charge in [-0.15, -0.1) is 0 Å². The van der Waals surface area contributed by atoms with Crippen molar-refractivity contribution in [3.8, 4) is 0 Å². The molecule has 7 nitrogen and oxygen atoms in total. The summed E-state index contributed by atoms with van der Waals surface area (Å²) in [6.45, 7) is 4.01. The highest BCUT2D eigenvalue weighted by molar-refractivity contribution is 5.97. The second-order valence-corrected chi connectivity index (χ2v) is 6.79. The number of hydrogen-bond acceptors (Lipinski definition) is 4. The van der Waals surface area contributed by atoms with E-state index in [-0.39, 0.29) is 17.9 Å². The molecule has 0 N–H and O–H groups in total. The predicted octanol–water partition coefficient (Wildman–Crippen LogP) is 1.67. The third-order valence-electron chi connectivity index (χ3n) is 5.12. The zero-order valence-corrected chi connectivity index (χ0v) is 15.6. The van der Waals surface area contributed by atoms with E-state index in [0.717, 1.165) is 23.9 Å². The first-order valence-electron chi connectivity index (χ1n) is 8.97. The molecule has 1 aliphatic heterocycles. The zero-order chi connectivity index (χ0) is 18.7. The minimum absolute atomic E-state index is 0.00382. The topological polar surface area (TPSA) is 67.7 Å². The number of carbonyl (C=O) groups is 2. The Kier molecular flexibility index (Phi) is 5.56. The van der Waals surface area contributed by atoms with Crippen molar-refractivity contribution in [2.45, 2.75) is 25.8 Å². The highest BCUT2D eigenvalue weighted by atomic mass is 16.5. The lowest BCUT2D eigenvalue weighted by Crippen LogP contribution is -2.49. The van der Waals surface area contributed by atoms with Crippen molar-refractivity contribution in [3.63, 3.8) is 0 Å². The van der Waals surface area contributed by atoms with Crippen molar-refractivity contribution >= 4 is 22.8 Å². The number of likely N-dealkylation sites (tertiary alicyclic amines) is 1. The Hall–Kier alpha value is -2.41. The molecule has 2 heterocycles. The van der Waals surface area contributed by atoms with Gasteiger partial charge in [0.1, 0.15) is 0 Å². The second-order valence-electron chi connectivity index (χ2n) is 6.79. The lowest BCUT2D eigenvalue weighted by atomic mass is 10.0. The van der Waals surface area contributed by atoms with Crippen LogP contribution in [0.4, 0.5) is 0 Å². The molecule has 2 aromatic rings. The van der Waals surface area contributed by atoms with Gasteiger partial charge in [-0.25, -0.2) is 4.98 Å². The largest absolute Gasteiger partial charge is 0.383 e. The van der Waals surface area contributed by atoms with E-state index < -0.39 is 0 Å². The molecule has 0 aliphatic carbocycles. The fraction of sp³-hybridized carbons (Fsp3) is 0.526. The minimum atomic E-state index is -0.00382. The molecule has 0 radical (unpaired) electrons. The van der Waals surface area contributed by atoms with Crippen LogP contribution in [0.15, 0.2) is 24.5 Å². The Morgan fingerprint density at radius 1 is 1.31 bits per heavy atom. The van der Waals surface area contributed by atoms with E-state index in [4.69, 9.17) is 4.74 Å². The average Bonchev–Trinajstić information content (AvgIpc) is 3.02. The Morgan fingerprint density at radius 3 is 2.69 bits per heavy atom. The first-order valence-corrected chi connectivity index (χ1v) is 8.97. The fourth-order valence-electron chi connectivity index (χ4n) is 3.57. The summed E-state index contributed by atoms with van der Waals surface area (Å²) in [4.78, 5) is 32.8. The average molecular weight is 358 g/mol. The van der Waals surface area contributed by atoms with Crippen LogP contribution in [0.3, 0.4) is 0 Å². The Labute approximate surface area is 153 Å². The first-order chi connectivity index (χ1) is 12.5. The van der Waals surface area contributed by atoms with Gasteiger partial charge in [0, 0.05) is 52.3 Å². The third kappa shape index (κ3) is 3.72. The highest BCUT2D eigenvalue weighted by Gasteiger charge is 2.29.